The van der Waals surface area contributed by atoms with Crippen LogP contribution in [-0.2, 0) is 4.79 Å². The van der Waals surface area contributed by atoms with Crippen LogP contribution < -0.4 is 15.4 Å². The first-order chi connectivity index (χ1) is 12.0. The summed E-state index contributed by atoms with van der Waals surface area (Å²) >= 11 is 0. The Labute approximate surface area is 145 Å². The lowest BCUT2D eigenvalue weighted by molar-refractivity contribution is -0.384. The number of ether oxygens (including phenoxy) is 1. The molecule has 1 aliphatic carbocycles. The highest BCUT2D eigenvalue weighted by atomic mass is 16.6. The number of hydrogen-bond acceptors (Lipinski definition) is 5. The van der Waals surface area contributed by atoms with Crippen LogP contribution in [0.4, 0.5) is 10.5 Å². The van der Waals surface area contributed by atoms with Gasteiger partial charge in [-0.25, -0.2) is 4.79 Å². The summed E-state index contributed by atoms with van der Waals surface area (Å²) < 4.78 is 5.15. The Morgan fingerprint density at radius 2 is 2.12 bits per heavy atom. The van der Waals surface area contributed by atoms with Crippen molar-refractivity contribution >= 4 is 17.6 Å². The number of nitrogens with zero attached hydrogens (tertiary/aromatic N) is 1. The van der Waals surface area contributed by atoms with Gasteiger partial charge in [0.2, 0.25) is 0 Å². The fraction of sp³-hybridized carbons (Fsp3) is 0.412. The van der Waals surface area contributed by atoms with Gasteiger partial charge in [0.15, 0.2) is 6.61 Å². The van der Waals surface area contributed by atoms with E-state index in [0.717, 1.165) is 19.3 Å². The number of nitro groups is 1. The molecule has 0 aliphatic heterocycles. The number of non-ortho nitro benzene ring substituents is 1. The molecule has 8 nitrogen and oxygen atoms in total. The first kappa shape index (κ1) is 18.4. The monoisotopic (exact) mass is 347 g/mol. The van der Waals surface area contributed by atoms with Crippen LogP contribution in [0, 0.1) is 10.1 Å². The Morgan fingerprint density at radius 3 is 2.84 bits per heavy atom. The molecule has 1 aromatic rings. The molecule has 0 unspecified atom stereocenters. The van der Waals surface area contributed by atoms with Crippen molar-refractivity contribution in [2.24, 2.45) is 0 Å². The predicted octanol–water partition coefficient (Wildman–Crippen LogP) is 2.69. The number of imide groups is 1. The minimum atomic E-state index is -0.624. The van der Waals surface area contributed by atoms with Gasteiger partial charge in [-0.2, -0.15) is 0 Å². The van der Waals surface area contributed by atoms with Crippen molar-refractivity contribution in [3.8, 4) is 5.75 Å². The zero-order valence-corrected chi connectivity index (χ0v) is 13.8. The van der Waals surface area contributed by atoms with Crippen LogP contribution in [0.1, 0.15) is 32.1 Å². The third-order valence-electron chi connectivity index (χ3n) is 3.77. The molecular formula is C17H21N3O5. The fourth-order valence-electron chi connectivity index (χ4n) is 2.51. The quantitative estimate of drug-likeness (QED) is 0.447. The number of hydrogen-bond donors (Lipinski definition) is 2. The molecule has 0 heterocycles. The van der Waals surface area contributed by atoms with E-state index in [1.807, 2.05) is 0 Å². The third kappa shape index (κ3) is 6.62. The molecule has 2 rings (SSSR count). The van der Waals surface area contributed by atoms with E-state index < -0.39 is 23.5 Å². The summed E-state index contributed by atoms with van der Waals surface area (Å²) in [5, 5.41) is 15.4. The second-order valence-electron chi connectivity index (χ2n) is 5.71. The summed E-state index contributed by atoms with van der Waals surface area (Å²) in [6, 6.07) is 4.91. The fourth-order valence-corrected chi connectivity index (χ4v) is 2.51. The standard InChI is InChI=1S/C17H21N3O5/c21-16(12-25-15-8-4-7-14(11-15)20(23)24)19-17(22)18-10-9-13-5-2-1-3-6-13/h4-5,7-8,11H,1-3,6,9-10,12H2,(H2,18,19,21,22). The predicted molar refractivity (Wildman–Crippen MR) is 91.3 cm³/mol. The Bertz CT molecular complexity index is 672. The van der Waals surface area contributed by atoms with Crippen molar-refractivity contribution in [3.63, 3.8) is 0 Å². The van der Waals surface area contributed by atoms with E-state index in [0.29, 0.717) is 6.54 Å². The Kier molecular flexibility index (Phi) is 6.94. The van der Waals surface area contributed by atoms with Crippen molar-refractivity contribution < 1.29 is 19.2 Å². The molecule has 0 aromatic heterocycles. The zero-order valence-electron chi connectivity index (χ0n) is 13.8. The second-order valence-corrected chi connectivity index (χ2v) is 5.71. The van der Waals surface area contributed by atoms with Crippen molar-refractivity contribution in [2.75, 3.05) is 13.2 Å². The summed E-state index contributed by atoms with van der Waals surface area (Å²) in [5.41, 5.74) is 1.21. The number of nitro benzene ring substituents is 1. The minimum absolute atomic E-state index is 0.132. The van der Waals surface area contributed by atoms with Crippen LogP contribution in [0.5, 0.6) is 5.75 Å². The molecule has 0 saturated carbocycles. The summed E-state index contributed by atoms with van der Waals surface area (Å²) in [6.45, 7) is 0.0659. The van der Waals surface area contributed by atoms with Gasteiger partial charge in [0, 0.05) is 12.6 Å². The summed E-state index contributed by atoms with van der Waals surface area (Å²) in [6.07, 6.45) is 7.56. The van der Waals surface area contributed by atoms with Crippen LogP contribution in [0.15, 0.2) is 35.9 Å². The molecule has 3 amide bonds. The maximum absolute atomic E-state index is 11.7. The highest BCUT2D eigenvalue weighted by molar-refractivity contribution is 5.94. The third-order valence-corrected chi connectivity index (χ3v) is 3.77. The average Bonchev–Trinajstić information content (AvgIpc) is 2.61. The molecule has 0 radical (unpaired) electrons. The molecule has 134 valence electrons. The molecular weight excluding hydrogens is 326 g/mol. The van der Waals surface area contributed by atoms with Gasteiger partial charge in [-0.3, -0.25) is 20.2 Å². The smallest absolute Gasteiger partial charge is 0.321 e. The van der Waals surface area contributed by atoms with Crippen molar-refractivity contribution in [1.82, 2.24) is 10.6 Å². The molecule has 0 atom stereocenters. The molecule has 2 N–H and O–H groups in total. The average molecular weight is 347 g/mol. The van der Waals surface area contributed by atoms with Crippen LogP contribution >= 0.6 is 0 Å². The second kappa shape index (κ2) is 9.41. The molecule has 1 aromatic carbocycles. The maximum Gasteiger partial charge on any atom is 0.321 e. The van der Waals surface area contributed by atoms with Crippen molar-refractivity contribution in [3.05, 3.63) is 46.0 Å². The lowest BCUT2D eigenvalue weighted by Crippen LogP contribution is -2.42. The summed E-state index contributed by atoms with van der Waals surface area (Å²) in [4.78, 5) is 33.4. The zero-order chi connectivity index (χ0) is 18.1. The van der Waals surface area contributed by atoms with Gasteiger partial charge in [0.1, 0.15) is 5.75 Å². The Balaban J connectivity index is 1.67. The number of carbonyl (C=O) groups excluding carboxylic acids is 2. The number of benzene rings is 1. The number of nitrogens with one attached hydrogen (secondary N) is 2. The van der Waals surface area contributed by atoms with Gasteiger partial charge in [-0.1, -0.05) is 17.7 Å². The topological polar surface area (TPSA) is 111 Å². The highest BCUT2D eigenvalue weighted by Gasteiger charge is 2.11. The molecule has 8 heteroatoms. The van der Waals surface area contributed by atoms with E-state index in [-0.39, 0.29) is 11.4 Å². The Morgan fingerprint density at radius 1 is 1.28 bits per heavy atom. The van der Waals surface area contributed by atoms with Gasteiger partial charge in [-0.05, 0) is 38.2 Å². The lowest BCUT2D eigenvalue weighted by Gasteiger charge is -2.13. The minimum Gasteiger partial charge on any atom is -0.484 e. The molecule has 0 saturated heterocycles. The van der Waals surface area contributed by atoms with E-state index in [9.17, 15) is 19.7 Å². The van der Waals surface area contributed by atoms with Crippen LogP contribution in [0.25, 0.3) is 0 Å². The van der Waals surface area contributed by atoms with Crippen LogP contribution in [0.3, 0.4) is 0 Å². The SMILES string of the molecule is O=C(COc1cccc([N+](=O)[O-])c1)NC(=O)NCCC1=CCCCC1. The number of amides is 3. The van der Waals surface area contributed by atoms with E-state index in [2.05, 4.69) is 16.7 Å². The lowest BCUT2D eigenvalue weighted by atomic mass is 9.97. The van der Waals surface area contributed by atoms with Crippen LogP contribution in [0.2, 0.25) is 0 Å². The van der Waals surface area contributed by atoms with Gasteiger partial charge in [0.05, 0.1) is 11.0 Å². The maximum atomic E-state index is 11.7. The van der Waals surface area contributed by atoms with Gasteiger partial charge < -0.3 is 10.1 Å². The highest BCUT2D eigenvalue weighted by Crippen LogP contribution is 2.19. The van der Waals surface area contributed by atoms with Crippen molar-refractivity contribution in [1.29, 1.82) is 0 Å². The number of urea groups is 1. The molecule has 0 bridgehead atoms. The van der Waals surface area contributed by atoms with Crippen LogP contribution in [-0.4, -0.2) is 30.0 Å². The number of rotatable bonds is 7. The van der Waals surface area contributed by atoms with E-state index >= 15 is 0 Å². The van der Waals surface area contributed by atoms with E-state index in [4.69, 9.17) is 4.74 Å². The normalized spacial score (nSPS) is 13.5. The summed E-state index contributed by atoms with van der Waals surface area (Å²) in [5.74, 6) is -0.435. The van der Waals surface area contributed by atoms with Crippen molar-refractivity contribution in [2.45, 2.75) is 32.1 Å². The molecule has 25 heavy (non-hydrogen) atoms. The largest absolute Gasteiger partial charge is 0.484 e. The molecule has 0 spiro atoms. The number of carbonyl (C=O) groups is 2. The summed E-state index contributed by atoms with van der Waals surface area (Å²) in [7, 11) is 0. The van der Waals surface area contributed by atoms with Gasteiger partial charge in [0.25, 0.3) is 11.6 Å². The first-order valence-electron chi connectivity index (χ1n) is 8.17. The van der Waals surface area contributed by atoms with Gasteiger partial charge in [-0.15, -0.1) is 0 Å². The van der Waals surface area contributed by atoms with Gasteiger partial charge >= 0.3 is 6.03 Å². The molecule has 0 fully saturated rings. The Hall–Kier alpha value is -2.90. The van der Waals surface area contributed by atoms with E-state index in [1.165, 1.54) is 42.7 Å². The first-order valence-corrected chi connectivity index (χ1v) is 8.17. The molecule has 1 aliphatic rings. The van der Waals surface area contributed by atoms with E-state index in [1.54, 1.807) is 0 Å². The number of allylic oxidation sites excluding steroid dienone is 1.